The Hall–Kier alpha value is -2.61. The number of halogens is 4. The lowest BCUT2D eigenvalue weighted by atomic mass is 10.1. The zero-order valence-corrected chi connectivity index (χ0v) is 16.6. The van der Waals surface area contributed by atoms with Crippen molar-refractivity contribution >= 4 is 11.8 Å². The summed E-state index contributed by atoms with van der Waals surface area (Å²) in [6, 6.07) is 11.1. The summed E-state index contributed by atoms with van der Waals surface area (Å²) in [5.41, 5.74) is 1.16. The fourth-order valence-electron chi connectivity index (χ4n) is 2.90. The Morgan fingerprint density at radius 2 is 1.76 bits per heavy atom. The normalized spacial score (nSPS) is 11.7. The number of benzene rings is 2. The van der Waals surface area contributed by atoms with Crippen LogP contribution in [0.1, 0.15) is 27.9 Å². The minimum Gasteiger partial charge on any atom is -0.291 e. The van der Waals surface area contributed by atoms with Crippen molar-refractivity contribution in [2.24, 2.45) is 7.05 Å². The van der Waals surface area contributed by atoms with Crippen molar-refractivity contribution in [3.8, 4) is 0 Å². The summed E-state index contributed by atoms with van der Waals surface area (Å²) in [4.78, 5) is 17.2. The highest BCUT2D eigenvalue weighted by Gasteiger charge is 2.30. The topological polar surface area (TPSA) is 34.9 Å². The van der Waals surface area contributed by atoms with Crippen LogP contribution in [-0.2, 0) is 25.4 Å². The maximum absolute atomic E-state index is 13.4. The van der Waals surface area contributed by atoms with Gasteiger partial charge in [-0.3, -0.25) is 9.36 Å². The van der Waals surface area contributed by atoms with E-state index in [2.05, 4.69) is 4.98 Å². The largest absolute Gasteiger partial charge is 0.416 e. The van der Waals surface area contributed by atoms with Gasteiger partial charge in [-0.2, -0.15) is 13.2 Å². The second-order valence-electron chi connectivity index (χ2n) is 6.62. The molecule has 152 valence electrons. The van der Waals surface area contributed by atoms with Gasteiger partial charge in [-0.1, -0.05) is 42.1 Å². The Labute approximate surface area is 169 Å². The molecule has 29 heavy (non-hydrogen) atoms. The maximum Gasteiger partial charge on any atom is 0.416 e. The van der Waals surface area contributed by atoms with Gasteiger partial charge >= 0.3 is 6.18 Å². The molecule has 0 atom stereocenters. The molecule has 0 N–H and O–H groups in total. The van der Waals surface area contributed by atoms with Crippen molar-refractivity contribution in [3.63, 3.8) is 0 Å². The standard InChI is InChI=1S/C21H18F4N2OS/c1-13-18(11-14-5-4-8-17(22)10-14)19(28)27(2)20(26-13)29-12-15-6-3-7-16(9-15)21(23,24)25/h3-10H,11-12H2,1-2H3. The molecule has 0 amide bonds. The smallest absolute Gasteiger partial charge is 0.291 e. The molecule has 0 aliphatic heterocycles. The van der Waals surface area contributed by atoms with Crippen LogP contribution in [0.2, 0.25) is 0 Å². The highest BCUT2D eigenvalue weighted by Crippen LogP contribution is 2.31. The van der Waals surface area contributed by atoms with E-state index in [9.17, 15) is 22.4 Å². The lowest BCUT2D eigenvalue weighted by Gasteiger charge is -2.13. The number of rotatable bonds is 5. The molecule has 0 spiro atoms. The Morgan fingerprint density at radius 1 is 1.07 bits per heavy atom. The fourth-order valence-corrected chi connectivity index (χ4v) is 3.85. The van der Waals surface area contributed by atoms with Crippen LogP contribution in [0.3, 0.4) is 0 Å². The Morgan fingerprint density at radius 3 is 2.45 bits per heavy atom. The van der Waals surface area contributed by atoms with Gasteiger partial charge in [-0.25, -0.2) is 9.37 Å². The molecule has 1 aromatic heterocycles. The third-order valence-corrected chi connectivity index (χ3v) is 5.54. The average molecular weight is 422 g/mol. The van der Waals surface area contributed by atoms with Crippen molar-refractivity contribution in [2.45, 2.75) is 30.4 Å². The van der Waals surface area contributed by atoms with Gasteiger partial charge in [0, 0.05) is 30.5 Å². The number of hydrogen-bond donors (Lipinski definition) is 0. The van der Waals surface area contributed by atoms with Gasteiger partial charge in [-0.15, -0.1) is 0 Å². The number of aromatic nitrogens is 2. The molecular formula is C21H18F4N2OS. The molecule has 3 rings (SSSR count). The van der Waals surface area contributed by atoms with E-state index in [4.69, 9.17) is 0 Å². The maximum atomic E-state index is 13.4. The van der Waals surface area contributed by atoms with Gasteiger partial charge in [0.05, 0.1) is 5.56 Å². The van der Waals surface area contributed by atoms with Crippen LogP contribution in [-0.4, -0.2) is 9.55 Å². The molecule has 0 aliphatic carbocycles. The van der Waals surface area contributed by atoms with Crippen molar-refractivity contribution in [3.05, 3.63) is 92.6 Å². The van der Waals surface area contributed by atoms with E-state index in [1.165, 1.54) is 34.5 Å². The number of aryl methyl sites for hydroxylation is 1. The molecule has 0 aliphatic rings. The van der Waals surface area contributed by atoms with Crippen LogP contribution < -0.4 is 5.56 Å². The van der Waals surface area contributed by atoms with Crippen LogP contribution in [0, 0.1) is 12.7 Å². The zero-order valence-electron chi connectivity index (χ0n) is 15.8. The van der Waals surface area contributed by atoms with Crippen LogP contribution in [0.15, 0.2) is 58.5 Å². The third kappa shape index (κ3) is 5.06. The quantitative estimate of drug-likeness (QED) is 0.325. The molecule has 8 heteroatoms. The first kappa shape index (κ1) is 21.1. The van der Waals surface area contributed by atoms with Gasteiger partial charge in [0.1, 0.15) is 5.82 Å². The number of thioether (sulfide) groups is 1. The van der Waals surface area contributed by atoms with E-state index in [-0.39, 0.29) is 23.6 Å². The highest BCUT2D eigenvalue weighted by atomic mass is 32.2. The first-order chi connectivity index (χ1) is 13.6. The molecule has 0 fully saturated rings. The summed E-state index contributed by atoms with van der Waals surface area (Å²) < 4.78 is 53.4. The van der Waals surface area contributed by atoms with E-state index in [1.54, 1.807) is 32.2 Å². The zero-order chi connectivity index (χ0) is 21.2. The second-order valence-corrected chi connectivity index (χ2v) is 7.56. The third-order valence-electron chi connectivity index (χ3n) is 4.44. The van der Waals surface area contributed by atoms with Crippen LogP contribution in [0.4, 0.5) is 17.6 Å². The predicted octanol–water partition coefficient (Wildman–Crippen LogP) is 5.13. The second kappa shape index (κ2) is 8.41. The van der Waals surface area contributed by atoms with E-state index in [0.29, 0.717) is 27.5 Å². The number of alkyl halides is 3. The number of nitrogens with zero attached hydrogens (tertiary/aromatic N) is 2. The summed E-state index contributed by atoms with van der Waals surface area (Å²) in [6.07, 6.45) is -4.15. The lowest BCUT2D eigenvalue weighted by Crippen LogP contribution is -2.25. The Bertz CT molecular complexity index is 1090. The molecule has 0 unspecified atom stereocenters. The van der Waals surface area contributed by atoms with Gasteiger partial charge in [-0.05, 0) is 36.2 Å². The molecule has 0 saturated carbocycles. The number of hydrogen-bond acceptors (Lipinski definition) is 3. The Balaban J connectivity index is 1.82. The van der Waals surface area contributed by atoms with Gasteiger partial charge in [0.2, 0.25) is 0 Å². The minimum atomic E-state index is -4.40. The van der Waals surface area contributed by atoms with E-state index in [1.807, 2.05) is 0 Å². The first-order valence-corrected chi connectivity index (χ1v) is 9.73. The van der Waals surface area contributed by atoms with E-state index < -0.39 is 11.7 Å². The molecular weight excluding hydrogens is 404 g/mol. The van der Waals surface area contributed by atoms with Gasteiger partial charge in [0.15, 0.2) is 5.16 Å². The monoisotopic (exact) mass is 422 g/mol. The first-order valence-electron chi connectivity index (χ1n) is 8.75. The Kier molecular flexibility index (Phi) is 6.12. The van der Waals surface area contributed by atoms with Gasteiger partial charge in [0.25, 0.3) is 5.56 Å². The summed E-state index contributed by atoms with van der Waals surface area (Å²) in [5, 5.41) is 0.410. The van der Waals surface area contributed by atoms with Gasteiger partial charge < -0.3 is 0 Å². The lowest BCUT2D eigenvalue weighted by molar-refractivity contribution is -0.137. The van der Waals surface area contributed by atoms with E-state index >= 15 is 0 Å². The summed E-state index contributed by atoms with van der Waals surface area (Å²) in [6.45, 7) is 1.70. The van der Waals surface area contributed by atoms with Crippen molar-refractivity contribution in [1.82, 2.24) is 9.55 Å². The molecule has 1 heterocycles. The van der Waals surface area contributed by atoms with Crippen LogP contribution >= 0.6 is 11.8 Å². The minimum absolute atomic E-state index is 0.243. The SMILES string of the molecule is Cc1nc(SCc2cccc(C(F)(F)F)c2)n(C)c(=O)c1Cc1cccc(F)c1. The van der Waals surface area contributed by atoms with Crippen LogP contribution in [0.5, 0.6) is 0 Å². The summed E-state index contributed by atoms with van der Waals surface area (Å²) >= 11 is 1.19. The fraction of sp³-hybridized carbons (Fsp3) is 0.238. The molecule has 0 radical (unpaired) electrons. The summed E-state index contributed by atoms with van der Waals surface area (Å²) in [7, 11) is 1.57. The highest BCUT2D eigenvalue weighted by molar-refractivity contribution is 7.98. The molecule has 3 aromatic rings. The molecule has 0 bridgehead atoms. The molecule has 0 saturated heterocycles. The summed E-state index contributed by atoms with van der Waals surface area (Å²) in [5.74, 6) is -0.134. The van der Waals surface area contributed by atoms with E-state index in [0.717, 1.165) is 12.1 Å². The van der Waals surface area contributed by atoms with Crippen molar-refractivity contribution in [1.29, 1.82) is 0 Å². The molecule has 3 nitrogen and oxygen atoms in total. The average Bonchev–Trinajstić information content (AvgIpc) is 2.66. The van der Waals surface area contributed by atoms with Crippen LogP contribution in [0.25, 0.3) is 0 Å². The predicted molar refractivity (Wildman–Crippen MR) is 104 cm³/mol. The van der Waals surface area contributed by atoms with Crippen molar-refractivity contribution in [2.75, 3.05) is 0 Å². The molecule has 2 aromatic carbocycles. The van der Waals surface area contributed by atoms with Crippen molar-refractivity contribution < 1.29 is 17.6 Å².